The van der Waals surface area contributed by atoms with Crippen LogP contribution in [0.3, 0.4) is 0 Å². The fraction of sp³-hybridized carbons (Fsp3) is 0.435. The molecule has 1 fully saturated rings. The fourth-order valence-corrected chi connectivity index (χ4v) is 5.22. The van der Waals surface area contributed by atoms with Crippen LogP contribution in [0.1, 0.15) is 40.1 Å². The Kier molecular flexibility index (Phi) is 6.95. The van der Waals surface area contributed by atoms with Gasteiger partial charge >= 0.3 is 6.18 Å². The van der Waals surface area contributed by atoms with E-state index in [9.17, 15) is 26.7 Å². The number of nitrogens with one attached hydrogen (secondary N) is 1. The highest BCUT2D eigenvalue weighted by molar-refractivity contribution is 7.15. The number of carbonyl (C=O) groups excluding carboxylic acids is 1. The molecule has 2 atom stereocenters. The number of thiazole rings is 1. The van der Waals surface area contributed by atoms with E-state index in [1.165, 1.54) is 11.3 Å². The first-order chi connectivity index (χ1) is 16.9. The highest BCUT2D eigenvalue weighted by atomic mass is 32.1. The smallest absolute Gasteiger partial charge is 0.367 e. The molecular weight excluding hydrogens is 503 g/mol. The number of halogens is 5. The van der Waals surface area contributed by atoms with E-state index in [-0.39, 0.29) is 18.1 Å². The Balaban J connectivity index is 1.62. The van der Waals surface area contributed by atoms with Crippen molar-refractivity contribution in [1.29, 1.82) is 0 Å². The lowest BCUT2D eigenvalue weighted by atomic mass is 9.88. The molecule has 0 saturated carbocycles. The summed E-state index contributed by atoms with van der Waals surface area (Å²) in [6.45, 7) is 4.34. The minimum Gasteiger partial charge on any atom is -0.367 e. The number of pyridine rings is 1. The third-order valence-corrected chi connectivity index (χ3v) is 6.91. The second-order valence-corrected chi connectivity index (χ2v) is 9.99. The second kappa shape index (κ2) is 9.68. The highest BCUT2D eigenvalue weighted by Gasteiger charge is 2.47. The summed E-state index contributed by atoms with van der Waals surface area (Å²) in [4.78, 5) is 31.0. The van der Waals surface area contributed by atoms with Crippen molar-refractivity contribution in [1.82, 2.24) is 24.8 Å². The van der Waals surface area contributed by atoms with E-state index in [1.54, 1.807) is 26.1 Å². The van der Waals surface area contributed by atoms with Gasteiger partial charge in [-0.3, -0.25) is 9.78 Å². The summed E-state index contributed by atoms with van der Waals surface area (Å²) in [6, 6.07) is 2.90. The fourth-order valence-electron chi connectivity index (χ4n) is 4.25. The van der Waals surface area contributed by atoms with Crippen LogP contribution in [0.4, 0.5) is 27.8 Å². The van der Waals surface area contributed by atoms with Gasteiger partial charge in [0, 0.05) is 19.2 Å². The Morgan fingerprint density at radius 2 is 1.97 bits per heavy atom. The number of hydrogen-bond acceptors (Lipinski definition) is 7. The lowest BCUT2D eigenvalue weighted by molar-refractivity contribution is -0.141. The molecule has 4 rings (SSSR count). The van der Waals surface area contributed by atoms with Crippen LogP contribution < -0.4 is 5.32 Å². The van der Waals surface area contributed by atoms with Crippen molar-refractivity contribution in [2.24, 2.45) is 5.92 Å². The van der Waals surface area contributed by atoms with Crippen molar-refractivity contribution in [3.8, 4) is 10.6 Å². The number of likely N-dealkylation sites (tertiary alicyclic amines) is 1. The van der Waals surface area contributed by atoms with E-state index in [0.29, 0.717) is 21.8 Å². The maximum absolute atomic E-state index is 14.6. The molecule has 4 heterocycles. The standard InChI is InChI=1S/C23H23F5N6OS/c1-12-5-4-6-29-18(12)20-19(33-14(3)36-20)21(35)34-11-22(24,25)7-13(2)15(34)8-31-17-10-30-16(9-32-17)23(26,27)28/h4-6,9-10,13,15H,7-8,11H2,1-3H3,(H,31,32). The number of amides is 1. The first-order valence-corrected chi connectivity index (χ1v) is 11.9. The zero-order valence-corrected chi connectivity index (χ0v) is 20.4. The summed E-state index contributed by atoms with van der Waals surface area (Å²) in [6.07, 6.45) is -1.98. The van der Waals surface area contributed by atoms with Gasteiger partial charge in [-0.25, -0.2) is 23.7 Å². The summed E-state index contributed by atoms with van der Waals surface area (Å²) >= 11 is 1.25. The summed E-state index contributed by atoms with van der Waals surface area (Å²) in [5, 5.41) is 3.43. The molecular formula is C23H23F5N6OS. The molecule has 3 aromatic heterocycles. The highest BCUT2D eigenvalue weighted by Crippen LogP contribution is 2.38. The average molecular weight is 527 g/mol. The quantitative estimate of drug-likeness (QED) is 0.459. The summed E-state index contributed by atoms with van der Waals surface area (Å²) in [5.41, 5.74) is 0.264. The maximum atomic E-state index is 14.6. The number of piperidine rings is 1. The topological polar surface area (TPSA) is 83.9 Å². The zero-order valence-electron chi connectivity index (χ0n) is 19.6. The van der Waals surface area contributed by atoms with Crippen LogP contribution in [0.15, 0.2) is 30.7 Å². The molecule has 1 N–H and O–H groups in total. The number of anilines is 1. The van der Waals surface area contributed by atoms with Gasteiger partial charge in [0.05, 0.1) is 40.6 Å². The number of aryl methyl sites for hydroxylation is 2. The maximum Gasteiger partial charge on any atom is 0.434 e. The third kappa shape index (κ3) is 5.45. The number of aromatic nitrogens is 4. The molecule has 0 aromatic carbocycles. The van der Waals surface area contributed by atoms with Crippen LogP contribution in [0, 0.1) is 19.8 Å². The monoisotopic (exact) mass is 526 g/mol. The van der Waals surface area contributed by atoms with Crippen molar-refractivity contribution in [2.45, 2.75) is 45.3 Å². The van der Waals surface area contributed by atoms with Crippen LogP contribution in [0.25, 0.3) is 10.6 Å². The molecule has 0 spiro atoms. The molecule has 1 aliphatic rings. The van der Waals surface area contributed by atoms with Crippen molar-refractivity contribution < 1.29 is 26.7 Å². The van der Waals surface area contributed by atoms with Crippen molar-refractivity contribution >= 4 is 23.1 Å². The molecule has 7 nitrogen and oxygen atoms in total. The first-order valence-electron chi connectivity index (χ1n) is 11.1. The van der Waals surface area contributed by atoms with E-state index in [0.717, 1.165) is 16.7 Å². The number of alkyl halides is 5. The normalized spacial score (nSPS) is 19.8. The molecule has 3 aromatic rings. The third-order valence-electron chi connectivity index (χ3n) is 5.94. The molecule has 13 heteroatoms. The average Bonchev–Trinajstić information content (AvgIpc) is 3.18. The molecule has 1 amide bonds. The Morgan fingerprint density at radius 3 is 2.61 bits per heavy atom. The Morgan fingerprint density at radius 1 is 1.22 bits per heavy atom. The first kappa shape index (κ1) is 25.9. The van der Waals surface area contributed by atoms with Gasteiger partial charge in [0.25, 0.3) is 11.8 Å². The van der Waals surface area contributed by atoms with Gasteiger partial charge in [0.1, 0.15) is 11.5 Å². The Labute approximate surface area is 207 Å². The molecule has 1 saturated heterocycles. The van der Waals surface area contributed by atoms with Crippen LogP contribution >= 0.6 is 11.3 Å². The number of carbonyl (C=O) groups is 1. The molecule has 0 bridgehead atoms. The molecule has 2 unspecified atom stereocenters. The van der Waals surface area contributed by atoms with Gasteiger partial charge in [-0.2, -0.15) is 13.2 Å². The molecule has 192 valence electrons. The van der Waals surface area contributed by atoms with Crippen molar-refractivity contribution in [2.75, 3.05) is 18.4 Å². The number of nitrogens with zero attached hydrogens (tertiary/aromatic N) is 5. The SMILES string of the molecule is Cc1nc(C(=O)N2CC(F)(F)CC(C)C2CNc2cnc(C(F)(F)F)cn2)c(-c2ncccc2C)s1. The molecule has 0 aliphatic carbocycles. The van der Waals surface area contributed by atoms with Gasteiger partial charge in [0.15, 0.2) is 5.69 Å². The van der Waals surface area contributed by atoms with Crippen molar-refractivity contribution in [3.63, 3.8) is 0 Å². The van der Waals surface area contributed by atoms with Gasteiger partial charge in [-0.15, -0.1) is 11.3 Å². The van der Waals surface area contributed by atoms with Crippen LogP contribution in [0.2, 0.25) is 0 Å². The lowest BCUT2D eigenvalue weighted by Crippen LogP contribution is -2.57. The minimum atomic E-state index is -4.63. The van der Waals surface area contributed by atoms with E-state index < -0.39 is 48.6 Å². The van der Waals surface area contributed by atoms with Gasteiger partial charge < -0.3 is 10.2 Å². The second-order valence-electron chi connectivity index (χ2n) is 8.78. The number of hydrogen-bond donors (Lipinski definition) is 1. The summed E-state index contributed by atoms with van der Waals surface area (Å²) in [7, 11) is 0. The van der Waals surface area contributed by atoms with Crippen molar-refractivity contribution in [3.05, 3.63) is 52.7 Å². The van der Waals surface area contributed by atoms with E-state index >= 15 is 0 Å². The van der Waals surface area contributed by atoms with E-state index in [1.807, 2.05) is 13.0 Å². The summed E-state index contributed by atoms with van der Waals surface area (Å²) < 4.78 is 67.5. The predicted octanol–water partition coefficient (Wildman–Crippen LogP) is 5.23. The lowest BCUT2D eigenvalue weighted by Gasteiger charge is -2.43. The zero-order chi connectivity index (χ0) is 26.3. The largest absolute Gasteiger partial charge is 0.434 e. The molecule has 36 heavy (non-hydrogen) atoms. The van der Waals surface area contributed by atoms with Gasteiger partial charge in [0.2, 0.25) is 0 Å². The molecule has 1 aliphatic heterocycles. The van der Waals surface area contributed by atoms with Crippen LogP contribution in [0.5, 0.6) is 0 Å². The van der Waals surface area contributed by atoms with Crippen LogP contribution in [-0.2, 0) is 6.18 Å². The Hall–Kier alpha value is -3.22. The molecule has 0 radical (unpaired) electrons. The van der Waals surface area contributed by atoms with Gasteiger partial charge in [-0.1, -0.05) is 13.0 Å². The number of rotatable bonds is 5. The van der Waals surface area contributed by atoms with Gasteiger partial charge in [-0.05, 0) is 31.4 Å². The summed E-state index contributed by atoms with van der Waals surface area (Å²) in [5.74, 6) is -4.34. The Bertz CT molecular complexity index is 1250. The minimum absolute atomic E-state index is 0.00982. The van der Waals surface area contributed by atoms with Crippen LogP contribution in [-0.4, -0.2) is 55.8 Å². The van der Waals surface area contributed by atoms with E-state index in [4.69, 9.17) is 0 Å². The van der Waals surface area contributed by atoms with E-state index in [2.05, 4.69) is 25.3 Å². The predicted molar refractivity (Wildman–Crippen MR) is 124 cm³/mol.